The molecule has 4 nitrogen and oxygen atoms in total. The first-order valence-electron chi connectivity index (χ1n) is 6.31. The SMILES string of the molecule is COc1cc(C(=O)N2CCC(N)CC2)ccc1C. The third-order valence-electron chi connectivity index (χ3n) is 3.48. The third kappa shape index (κ3) is 2.64. The van der Waals surface area contributed by atoms with Crippen molar-refractivity contribution < 1.29 is 9.53 Å². The Kier molecular flexibility index (Phi) is 3.87. The summed E-state index contributed by atoms with van der Waals surface area (Å²) in [4.78, 5) is 14.2. The second kappa shape index (κ2) is 5.40. The number of hydrogen-bond acceptors (Lipinski definition) is 3. The number of benzene rings is 1. The number of methoxy groups -OCH3 is 1. The van der Waals surface area contributed by atoms with Crippen LogP contribution >= 0.6 is 0 Å². The lowest BCUT2D eigenvalue weighted by molar-refractivity contribution is 0.0714. The standard InChI is InChI=1S/C14H20N2O2/c1-10-3-4-11(9-13(10)18-2)14(17)16-7-5-12(15)6-8-16/h3-4,9,12H,5-8,15H2,1-2H3. The number of nitrogens with two attached hydrogens (primary N) is 1. The van der Waals surface area contributed by atoms with E-state index in [0.717, 1.165) is 37.2 Å². The van der Waals surface area contributed by atoms with Gasteiger partial charge in [-0.2, -0.15) is 0 Å². The molecule has 2 rings (SSSR count). The van der Waals surface area contributed by atoms with Crippen LogP contribution < -0.4 is 10.5 Å². The molecule has 0 aromatic heterocycles. The summed E-state index contributed by atoms with van der Waals surface area (Å²) in [6.07, 6.45) is 1.77. The number of carbonyl (C=O) groups excluding carboxylic acids is 1. The van der Waals surface area contributed by atoms with Gasteiger partial charge >= 0.3 is 0 Å². The van der Waals surface area contributed by atoms with Crippen LogP contribution in [0.4, 0.5) is 0 Å². The zero-order valence-corrected chi connectivity index (χ0v) is 11.0. The van der Waals surface area contributed by atoms with Crippen molar-refractivity contribution in [2.24, 2.45) is 5.73 Å². The lowest BCUT2D eigenvalue weighted by Crippen LogP contribution is -2.42. The molecule has 2 N–H and O–H groups in total. The Labute approximate surface area is 108 Å². The number of aryl methyl sites for hydroxylation is 1. The van der Waals surface area contributed by atoms with Crippen molar-refractivity contribution >= 4 is 5.91 Å². The van der Waals surface area contributed by atoms with Gasteiger partial charge in [-0.15, -0.1) is 0 Å². The summed E-state index contributed by atoms with van der Waals surface area (Å²) in [6.45, 7) is 3.46. The van der Waals surface area contributed by atoms with Gasteiger partial charge in [0.25, 0.3) is 5.91 Å². The number of ether oxygens (including phenoxy) is 1. The van der Waals surface area contributed by atoms with E-state index in [0.29, 0.717) is 5.56 Å². The number of likely N-dealkylation sites (tertiary alicyclic amines) is 1. The van der Waals surface area contributed by atoms with Crippen LogP contribution in [-0.2, 0) is 0 Å². The molecule has 4 heteroatoms. The maximum atomic E-state index is 12.3. The third-order valence-corrected chi connectivity index (χ3v) is 3.48. The van der Waals surface area contributed by atoms with Gasteiger partial charge in [-0.3, -0.25) is 4.79 Å². The van der Waals surface area contributed by atoms with Crippen molar-refractivity contribution in [1.82, 2.24) is 4.90 Å². The van der Waals surface area contributed by atoms with E-state index in [1.807, 2.05) is 30.0 Å². The molecular formula is C14H20N2O2. The minimum Gasteiger partial charge on any atom is -0.496 e. The Hall–Kier alpha value is -1.55. The fourth-order valence-corrected chi connectivity index (χ4v) is 2.24. The average molecular weight is 248 g/mol. The quantitative estimate of drug-likeness (QED) is 0.864. The van der Waals surface area contributed by atoms with E-state index in [2.05, 4.69) is 0 Å². The van der Waals surface area contributed by atoms with Gasteiger partial charge in [0, 0.05) is 24.7 Å². The molecule has 98 valence electrons. The van der Waals surface area contributed by atoms with Crippen molar-refractivity contribution in [1.29, 1.82) is 0 Å². The van der Waals surface area contributed by atoms with Crippen LogP contribution in [0.25, 0.3) is 0 Å². The van der Waals surface area contributed by atoms with Crippen LogP contribution in [0.2, 0.25) is 0 Å². The highest BCUT2D eigenvalue weighted by Crippen LogP contribution is 2.21. The van der Waals surface area contributed by atoms with Crippen molar-refractivity contribution in [3.05, 3.63) is 29.3 Å². The largest absolute Gasteiger partial charge is 0.496 e. The Balaban J connectivity index is 2.13. The zero-order chi connectivity index (χ0) is 13.1. The molecular weight excluding hydrogens is 228 g/mol. The van der Waals surface area contributed by atoms with Crippen LogP contribution in [0.5, 0.6) is 5.75 Å². The molecule has 1 amide bonds. The molecule has 0 unspecified atom stereocenters. The molecule has 0 saturated carbocycles. The number of piperidine rings is 1. The van der Waals surface area contributed by atoms with E-state index in [9.17, 15) is 4.79 Å². The van der Waals surface area contributed by atoms with Gasteiger partial charge in [0.1, 0.15) is 5.75 Å². The predicted molar refractivity (Wildman–Crippen MR) is 70.8 cm³/mol. The second-order valence-corrected chi connectivity index (χ2v) is 4.81. The molecule has 1 aromatic carbocycles. The minimum absolute atomic E-state index is 0.0696. The van der Waals surface area contributed by atoms with Crippen molar-refractivity contribution in [2.75, 3.05) is 20.2 Å². The first-order valence-corrected chi connectivity index (χ1v) is 6.31. The van der Waals surface area contributed by atoms with Gasteiger partial charge in [-0.1, -0.05) is 6.07 Å². The first-order chi connectivity index (χ1) is 8.61. The fraction of sp³-hybridized carbons (Fsp3) is 0.500. The van der Waals surface area contributed by atoms with E-state index in [1.54, 1.807) is 7.11 Å². The van der Waals surface area contributed by atoms with Crippen LogP contribution in [0.15, 0.2) is 18.2 Å². The van der Waals surface area contributed by atoms with Crippen LogP contribution in [0.1, 0.15) is 28.8 Å². The molecule has 0 aliphatic carbocycles. The Morgan fingerprint density at radius 2 is 2.06 bits per heavy atom. The van der Waals surface area contributed by atoms with E-state index < -0.39 is 0 Å². The highest BCUT2D eigenvalue weighted by atomic mass is 16.5. The van der Waals surface area contributed by atoms with E-state index >= 15 is 0 Å². The highest BCUT2D eigenvalue weighted by Gasteiger charge is 2.22. The maximum Gasteiger partial charge on any atom is 0.253 e. The normalized spacial score (nSPS) is 16.7. The lowest BCUT2D eigenvalue weighted by atomic mass is 10.0. The van der Waals surface area contributed by atoms with Gasteiger partial charge in [0.2, 0.25) is 0 Å². The van der Waals surface area contributed by atoms with Crippen molar-refractivity contribution in [3.8, 4) is 5.75 Å². The van der Waals surface area contributed by atoms with Gasteiger partial charge < -0.3 is 15.4 Å². The second-order valence-electron chi connectivity index (χ2n) is 4.81. The molecule has 1 saturated heterocycles. The smallest absolute Gasteiger partial charge is 0.253 e. The van der Waals surface area contributed by atoms with Gasteiger partial charge in [-0.25, -0.2) is 0 Å². The molecule has 0 atom stereocenters. The van der Waals surface area contributed by atoms with Gasteiger partial charge in [0.15, 0.2) is 0 Å². The Morgan fingerprint density at radius 1 is 1.39 bits per heavy atom. The number of amides is 1. The fourth-order valence-electron chi connectivity index (χ4n) is 2.24. The summed E-state index contributed by atoms with van der Waals surface area (Å²) in [5.41, 5.74) is 7.57. The monoisotopic (exact) mass is 248 g/mol. The number of hydrogen-bond donors (Lipinski definition) is 1. The Morgan fingerprint density at radius 3 is 2.67 bits per heavy atom. The minimum atomic E-state index is 0.0696. The summed E-state index contributed by atoms with van der Waals surface area (Å²) >= 11 is 0. The van der Waals surface area contributed by atoms with Crippen molar-refractivity contribution in [2.45, 2.75) is 25.8 Å². The first kappa shape index (κ1) is 12.9. The lowest BCUT2D eigenvalue weighted by Gasteiger charge is -2.30. The van der Waals surface area contributed by atoms with Crippen molar-refractivity contribution in [3.63, 3.8) is 0 Å². The van der Waals surface area contributed by atoms with Crippen LogP contribution in [-0.4, -0.2) is 37.0 Å². The molecule has 1 aliphatic rings. The van der Waals surface area contributed by atoms with Crippen LogP contribution in [0.3, 0.4) is 0 Å². The Bertz CT molecular complexity index is 437. The molecule has 1 aliphatic heterocycles. The summed E-state index contributed by atoms with van der Waals surface area (Å²) in [7, 11) is 1.62. The molecule has 0 radical (unpaired) electrons. The summed E-state index contributed by atoms with van der Waals surface area (Å²) in [5, 5.41) is 0. The van der Waals surface area contributed by atoms with Crippen LogP contribution in [0, 0.1) is 6.92 Å². The number of rotatable bonds is 2. The summed E-state index contributed by atoms with van der Waals surface area (Å²) in [5.74, 6) is 0.828. The van der Waals surface area contributed by atoms with E-state index in [1.165, 1.54) is 0 Å². The average Bonchev–Trinajstić information content (AvgIpc) is 2.39. The number of carbonyl (C=O) groups is 1. The molecule has 1 fully saturated rings. The highest BCUT2D eigenvalue weighted by molar-refractivity contribution is 5.94. The molecule has 18 heavy (non-hydrogen) atoms. The topological polar surface area (TPSA) is 55.6 Å². The van der Waals surface area contributed by atoms with Gasteiger partial charge in [-0.05, 0) is 37.5 Å². The maximum absolute atomic E-state index is 12.3. The zero-order valence-electron chi connectivity index (χ0n) is 11.0. The molecule has 1 heterocycles. The van der Waals surface area contributed by atoms with Gasteiger partial charge in [0.05, 0.1) is 7.11 Å². The van der Waals surface area contributed by atoms with E-state index in [4.69, 9.17) is 10.5 Å². The van der Waals surface area contributed by atoms with E-state index in [-0.39, 0.29) is 11.9 Å². The predicted octanol–water partition coefficient (Wildman–Crippen LogP) is 1.57. The summed E-state index contributed by atoms with van der Waals surface area (Å²) in [6, 6.07) is 5.82. The molecule has 0 bridgehead atoms. The molecule has 0 spiro atoms. The number of nitrogens with zero attached hydrogens (tertiary/aromatic N) is 1. The molecule has 1 aromatic rings. The summed E-state index contributed by atoms with van der Waals surface area (Å²) < 4.78 is 5.25.